The maximum Gasteiger partial charge on any atom is 0.350 e. The van der Waals surface area contributed by atoms with E-state index in [4.69, 9.17) is 23.2 Å². The van der Waals surface area contributed by atoms with Crippen LogP contribution in [0.2, 0.25) is 10.0 Å². The number of anilines is 2. The van der Waals surface area contributed by atoms with E-state index in [1.165, 1.54) is 18.4 Å². The maximum absolute atomic E-state index is 11.5. The summed E-state index contributed by atoms with van der Waals surface area (Å²) in [6.07, 6.45) is 0. The normalized spacial score (nSPS) is 10.3. The molecule has 0 aliphatic heterocycles. The summed E-state index contributed by atoms with van der Waals surface area (Å²) in [6, 6.07) is 5.16. The second-order valence-electron chi connectivity index (χ2n) is 3.68. The largest absolute Gasteiger partial charge is 0.465 e. The van der Waals surface area contributed by atoms with E-state index in [1.807, 2.05) is 0 Å². The van der Waals surface area contributed by atoms with Crippen LogP contribution in [0.5, 0.6) is 0 Å². The molecule has 1 aromatic carbocycles. The molecule has 0 radical (unpaired) electrons. The molecule has 1 heterocycles. The SMILES string of the molecule is COC(=O)c1sc(Nc2ccc(Cl)c(Cl)c2)nc1C. The van der Waals surface area contributed by atoms with Gasteiger partial charge in [0.1, 0.15) is 4.88 Å². The van der Waals surface area contributed by atoms with Crippen LogP contribution in [0.3, 0.4) is 0 Å². The Morgan fingerprint density at radius 2 is 2.11 bits per heavy atom. The Labute approximate surface area is 124 Å². The van der Waals surface area contributed by atoms with E-state index >= 15 is 0 Å². The van der Waals surface area contributed by atoms with Crippen molar-refractivity contribution in [3.8, 4) is 0 Å². The molecule has 0 spiro atoms. The molecule has 2 rings (SSSR count). The van der Waals surface area contributed by atoms with Crippen LogP contribution in [-0.4, -0.2) is 18.1 Å². The molecule has 0 saturated heterocycles. The van der Waals surface area contributed by atoms with Gasteiger partial charge in [-0.3, -0.25) is 0 Å². The summed E-state index contributed by atoms with van der Waals surface area (Å²) < 4.78 is 4.68. The molecule has 0 atom stereocenters. The van der Waals surface area contributed by atoms with Crippen molar-refractivity contribution in [3.05, 3.63) is 38.8 Å². The molecule has 2 aromatic rings. The third-order valence-electron chi connectivity index (χ3n) is 2.34. The first kappa shape index (κ1) is 14.1. The summed E-state index contributed by atoms with van der Waals surface area (Å²) in [4.78, 5) is 16.2. The molecule has 0 aliphatic rings. The van der Waals surface area contributed by atoms with Crippen molar-refractivity contribution in [2.75, 3.05) is 12.4 Å². The number of rotatable bonds is 3. The number of esters is 1. The van der Waals surface area contributed by atoms with E-state index in [-0.39, 0.29) is 0 Å². The number of benzene rings is 1. The molecule has 1 aromatic heterocycles. The number of halogens is 2. The number of aromatic nitrogens is 1. The topological polar surface area (TPSA) is 51.2 Å². The van der Waals surface area contributed by atoms with E-state index in [9.17, 15) is 4.79 Å². The predicted molar refractivity (Wildman–Crippen MR) is 77.9 cm³/mol. The average Bonchev–Trinajstić information content (AvgIpc) is 2.74. The van der Waals surface area contributed by atoms with E-state index in [0.717, 1.165) is 5.69 Å². The van der Waals surface area contributed by atoms with Crippen LogP contribution in [0.25, 0.3) is 0 Å². The van der Waals surface area contributed by atoms with Crippen LogP contribution in [0.15, 0.2) is 18.2 Å². The van der Waals surface area contributed by atoms with Crippen molar-refractivity contribution >= 4 is 51.3 Å². The fraction of sp³-hybridized carbons (Fsp3) is 0.167. The Bertz CT molecular complexity index is 628. The van der Waals surface area contributed by atoms with Gasteiger partial charge in [-0.25, -0.2) is 9.78 Å². The Balaban J connectivity index is 2.24. The summed E-state index contributed by atoms with van der Waals surface area (Å²) >= 11 is 13.0. The molecule has 0 unspecified atom stereocenters. The monoisotopic (exact) mass is 316 g/mol. The average molecular weight is 317 g/mol. The molecule has 19 heavy (non-hydrogen) atoms. The molecule has 7 heteroatoms. The van der Waals surface area contributed by atoms with Gasteiger partial charge in [-0.05, 0) is 25.1 Å². The second-order valence-corrected chi connectivity index (χ2v) is 5.49. The third kappa shape index (κ3) is 3.18. The molecule has 0 amide bonds. The van der Waals surface area contributed by atoms with Gasteiger partial charge >= 0.3 is 5.97 Å². The van der Waals surface area contributed by atoms with Gasteiger partial charge in [0, 0.05) is 5.69 Å². The fourth-order valence-electron chi connectivity index (χ4n) is 1.43. The molecule has 0 saturated carbocycles. The molecule has 0 aliphatic carbocycles. The fourth-order valence-corrected chi connectivity index (χ4v) is 2.63. The smallest absolute Gasteiger partial charge is 0.350 e. The van der Waals surface area contributed by atoms with Gasteiger partial charge < -0.3 is 10.1 Å². The summed E-state index contributed by atoms with van der Waals surface area (Å²) in [5, 5.41) is 4.60. The Kier molecular flexibility index (Phi) is 4.29. The minimum atomic E-state index is -0.391. The standard InChI is InChI=1S/C12H10Cl2N2O2S/c1-6-10(11(17)18-2)19-12(15-6)16-7-3-4-8(13)9(14)5-7/h3-5H,1-2H3,(H,15,16). The van der Waals surface area contributed by atoms with Gasteiger partial charge in [0.05, 0.1) is 22.8 Å². The molecule has 1 N–H and O–H groups in total. The molecule has 4 nitrogen and oxygen atoms in total. The van der Waals surface area contributed by atoms with Gasteiger partial charge in [-0.1, -0.05) is 34.5 Å². The lowest BCUT2D eigenvalue weighted by Crippen LogP contribution is -1.99. The van der Waals surface area contributed by atoms with E-state index in [1.54, 1.807) is 25.1 Å². The third-order valence-corrected chi connectivity index (χ3v) is 4.13. The molecular weight excluding hydrogens is 307 g/mol. The Morgan fingerprint density at radius 3 is 2.74 bits per heavy atom. The summed E-state index contributed by atoms with van der Waals surface area (Å²) in [5.41, 5.74) is 1.37. The maximum atomic E-state index is 11.5. The molecule has 0 bridgehead atoms. The number of thiazole rings is 1. The van der Waals surface area contributed by atoms with Crippen molar-refractivity contribution in [1.29, 1.82) is 0 Å². The minimum Gasteiger partial charge on any atom is -0.465 e. The van der Waals surface area contributed by atoms with E-state index < -0.39 is 5.97 Å². The van der Waals surface area contributed by atoms with Gasteiger partial charge in [0.15, 0.2) is 5.13 Å². The molecular formula is C12H10Cl2N2O2S. The van der Waals surface area contributed by atoms with Crippen molar-refractivity contribution in [2.24, 2.45) is 0 Å². The minimum absolute atomic E-state index is 0.391. The first-order valence-corrected chi connectivity index (χ1v) is 6.86. The van der Waals surface area contributed by atoms with E-state index in [0.29, 0.717) is 25.7 Å². The van der Waals surface area contributed by atoms with Crippen LogP contribution < -0.4 is 5.32 Å². The number of nitrogens with one attached hydrogen (secondary N) is 1. The van der Waals surface area contributed by atoms with Crippen LogP contribution >= 0.6 is 34.5 Å². The van der Waals surface area contributed by atoms with Gasteiger partial charge in [0.25, 0.3) is 0 Å². The van der Waals surface area contributed by atoms with Crippen molar-refractivity contribution in [1.82, 2.24) is 4.98 Å². The van der Waals surface area contributed by atoms with Crippen molar-refractivity contribution in [3.63, 3.8) is 0 Å². The number of hydrogen-bond donors (Lipinski definition) is 1. The number of nitrogens with zero attached hydrogens (tertiary/aromatic N) is 1. The summed E-state index contributed by atoms with van der Waals surface area (Å²) in [7, 11) is 1.34. The first-order chi connectivity index (χ1) is 9.01. The second kappa shape index (κ2) is 5.77. The lowest BCUT2D eigenvalue weighted by atomic mass is 10.3. The molecule has 100 valence electrons. The van der Waals surface area contributed by atoms with E-state index in [2.05, 4.69) is 15.0 Å². The van der Waals surface area contributed by atoms with Crippen molar-refractivity contribution < 1.29 is 9.53 Å². The summed E-state index contributed by atoms with van der Waals surface area (Å²) in [6.45, 7) is 1.75. The number of carbonyl (C=O) groups excluding carboxylic acids is 1. The Hall–Kier alpha value is -1.30. The van der Waals surface area contributed by atoms with Crippen LogP contribution in [0.4, 0.5) is 10.8 Å². The predicted octanol–water partition coefficient (Wildman–Crippen LogP) is 4.29. The highest BCUT2D eigenvalue weighted by Crippen LogP contribution is 2.29. The number of hydrogen-bond acceptors (Lipinski definition) is 5. The van der Waals surface area contributed by atoms with Gasteiger partial charge in [0.2, 0.25) is 0 Å². The Morgan fingerprint density at radius 1 is 1.37 bits per heavy atom. The number of methoxy groups -OCH3 is 1. The first-order valence-electron chi connectivity index (χ1n) is 5.29. The number of carbonyl (C=O) groups is 1. The zero-order valence-corrected chi connectivity index (χ0v) is 12.5. The van der Waals surface area contributed by atoms with Crippen LogP contribution in [-0.2, 0) is 4.74 Å². The number of aryl methyl sites for hydroxylation is 1. The van der Waals surface area contributed by atoms with Gasteiger partial charge in [-0.15, -0.1) is 0 Å². The zero-order chi connectivity index (χ0) is 14.0. The summed E-state index contributed by atoms with van der Waals surface area (Å²) in [5.74, 6) is -0.391. The molecule has 0 fully saturated rings. The number of ether oxygens (including phenoxy) is 1. The zero-order valence-electron chi connectivity index (χ0n) is 10.2. The lowest BCUT2D eigenvalue weighted by Gasteiger charge is -2.03. The van der Waals surface area contributed by atoms with Crippen molar-refractivity contribution in [2.45, 2.75) is 6.92 Å². The quantitative estimate of drug-likeness (QED) is 0.858. The van der Waals surface area contributed by atoms with Crippen LogP contribution in [0.1, 0.15) is 15.4 Å². The van der Waals surface area contributed by atoms with Crippen LogP contribution in [0, 0.1) is 6.92 Å². The highest BCUT2D eigenvalue weighted by molar-refractivity contribution is 7.17. The van der Waals surface area contributed by atoms with Gasteiger partial charge in [-0.2, -0.15) is 0 Å². The highest BCUT2D eigenvalue weighted by atomic mass is 35.5. The highest BCUT2D eigenvalue weighted by Gasteiger charge is 2.15. The lowest BCUT2D eigenvalue weighted by molar-refractivity contribution is 0.0605.